The molecule has 0 unspecified atom stereocenters. The fourth-order valence-corrected chi connectivity index (χ4v) is 3.58. The number of anilines is 1. The van der Waals surface area contributed by atoms with E-state index in [4.69, 9.17) is 16.3 Å². The molecule has 30 heavy (non-hydrogen) atoms. The van der Waals surface area contributed by atoms with Crippen molar-refractivity contribution in [2.75, 3.05) is 12.4 Å². The zero-order valence-electron chi connectivity index (χ0n) is 16.4. The zero-order valence-corrected chi connectivity index (χ0v) is 18.0. The molecule has 0 saturated carbocycles. The standard InChI is InChI=1S/C22H20ClN3O3S/c1-14(25-26-22(28)19-10-11-20(23)30-19)16-4-3-5-17(13-16)24-21(27)12-15-6-8-18(29-2)9-7-15/h3-11,13H,12H2,1-2H3,(H,24,27)(H,26,28)/b25-14-. The predicted octanol–water partition coefficient (Wildman–Crippen LogP) is 4.75. The third kappa shape index (κ3) is 5.92. The number of hydrazone groups is 1. The summed E-state index contributed by atoms with van der Waals surface area (Å²) in [7, 11) is 1.60. The topological polar surface area (TPSA) is 79.8 Å². The number of hydrogen-bond donors (Lipinski definition) is 2. The van der Waals surface area contributed by atoms with E-state index >= 15 is 0 Å². The molecule has 3 rings (SSSR count). The van der Waals surface area contributed by atoms with E-state index in [1.165, 1.54) is 11.3 Å². The van der Waals surface area contributed by atoms with Gasteiger partial charge in [0.25, 0.3) is 5.91 Å². The number of methoxy groups -OCH3 is 1. The van der Waals surface area contributed by atoms with Crippen molar-refractivity contribution in [2.24, 2.45) is 5.10 Å². The molecule has 0 radical (unpaired) electrons. The van der Waals surface area contributed by atoms with Crippen LogP contribution >= 0.6 is 22.9 Å². The number of rotatable bonds is 7. The van der Waals surface area contributed by atoms with E-state index in [-0.39, 0.29) is 18.2 Å². The summed E-state index contributed by atoms with van der Waals surface area (Å²) >= 11 is 7.03. The second-order valence-corrected chi connectivity index (χ2v) is 8.11. The van der Waals surface area contributed by atoms with Crippen LogP contribution in [0.3, 0.4) is 0 Å². The van der Waals surface area contributed by atoms with Gasteiger partial charge in [0.05, 0.1) is 28.5 Å². The average Bonchev–Trinajstić information content (AvgIpc) is 3.19. The highest BCUT2D eigenvalue weighted by molar-refractivity contribution is 7.17. The maximum absolute atomic E-state index is 12.4. The Labute approximate surface area is 183 Å². The fraction of sp³-hybridized carbons (Fsp3) is 0.136. The maximum atomic E-state index is 12.4. The van der Waals surface area contributed by atoms with E-state index < -0.39 is 0 Å². The molecule has 0 saturated heterocycles. The number of carbonyl (C=O) groups is 2. The summed E-state index contributed by atoms with van der Waals surface area (Å²) in [4.78, 5) is 24.9. The van der Waals surface area contributed by atoms with Crippen LogP contribution in [0.15, 0.2) is 65.8 Å². The summed E-state index contributed by atoms with van der Waals surface area (Å²) in [5.74, 6) is 0.292. The van der Waals surface area contributed by atoms with Crippen molar-refractivity contribution < 1.29 is 14.3 Å². The van der Waals surface area contributed by atoms with Crippen molar-refractivity contribution in [3.05, 3.63) is 81.0 Å². The third-order valence-corrected chi connectivity index (χ3v) is 5.44. The quantitative estimate of drug-likeness (QED) is 0.410. The molecule has 0 fully saturated rings. The molecule has 0 spiro atoms. The normalized spacial score (nSPS) is 11.1. The van der Waals surface area contributed by atoms with Gasteiger partial charge in [0.1, 0.15) is 5.75 Å². The van der Waals surface area contributed by atoms with E-state index in [1.54, 1.807) is 38.3 Å². The highest BCUT2D eigenvalue weighted by atomic mass is 35.5. The number of nitrogens with zero attached hydrogens (tertiary/aromatic N) is 1. The molecule has 2 amide bonds. The number of hydrogen-bond acceptors (Lipinski definition) is 5. The number of nitrogens with one attached hydrogen (secondary N) is 2. The van der Waals surface area contributed by atoms with Gasteiger partial charge in [0.2, 0.25) is 5.91 Å². The number of carbonyl (C=O) groups excluding carboxylic acids is 2. The highest BCUT2D eigenvalue weighted by Crippen LogP contribution is 2.21. The summed E-state index contributed by atoms with van der Waals surface area (Å²) in [5.41, 5.74) is 5.44. The molecule has 0 bridgehead atoms. The van der Waals surface area contributed by atoms with Crippen LogP contribution in [0.5, 0.6) is 5.75 Å². The molecular weight excluding hydrogens is 422 g/mol. The smallest absolute Gasteiger partial charge is 0.281 e. The van der Waals surface area contributed by atoms with Crippen molar-refractivity contribution in [3.63, 3.8) is 0 Å². The lowest BCUT2D eigenvalue weighted by molar-refractivity contribution is -0.115. The van der Waals surface area contributed by atoms with E-state index in [0.717, 1.165) is 16.9 Å². The summed E-state index contributed by atoms with van der Waals surface area (Å²) in [5, 5.41) is 7.02. The molecule has 3 aromatic rings. The van der Waals surface area contributed by atoms with Gasteiger partial charge in [-0.25, -0.2) is 5.43 Å². The molecule has 0 aliphatic heterocycles. The van der Waals surface area contributed by atoms with Crippen molar-refractivity contribution in [1.29, 1.82) is 0 Å². The molecule has 0 aliphatic rings. The second kappa shape index (κ2) is 10.0. The average molecular weight is 442 g/mol. The minimum absolute atomic E-state index is 0.130. The summed E-state index contributed by atoms with van der Waals surface area (Å²) in [6, 6.07) is 17.9. The summed E-state index contributed by atoms with van der Waals surface area (Å²) in [6.07, 6.45) is 0.251. The van der Waals surface area contributed by atoms with Gasteiger partial charge in [-0.15, -0.1) is 11.3 Å². The van der Waals surface area contributed by atoms with Gasteiger partial charge in [-0.3, -0.25) is 9.59 Å². The first-order valence-corrected chi connectivity index (χ1v) is 10.3. The molecule has 0 aliphatic carbocycles. The third-order valence-electron chi connectivity index (χ3n) is 4.21. The molecule has 154 valence electrons. The van der Waals surface area contributed by atoms with Crippen LogP contribution in [0.1, 0.15) is 27.7 Å². The number of thiophene rings is 1. The predicted molar refractivity (Wildman–Crippen MR) is 121 cm³/mol. The minimum Gasteiger partial charge on any atom is -0.497 e. The van der Waals surface area contributed by atoms with Gasteiger partial charge in [0.15, 0.2) is 0 Å². The molecule has 1 heterocycles. The summed E-state index contributed by atoms with van der Waals surface area (Å²) in [6.45, 7) is 1.78. The largest absolute Gasteiger partial charge is 0.497 e. The number of halogens is 1. The molecule has 1 aromatic heterocycles. The Balaban J connectivity index is 1.61. The van der Waals surface area contributed by atoms with Crippen LogP contribution in [0.25, 0.3) is 0 Å². The van der Waals surface area contributed by atoms with Crippen molar-refractivity contribution in [2.45, 2.75) is 13.3 Å². The molecule has 0 atom stereocenters. The summed E-state index contributed by atoms with van der Waals surface area (Å²) < 4.78 is 5.66. The van der Waals surface area contributed by atoms with E-state index in [9.17, 15) is 9.59 Å². The Bertz CT molecular complexity index is 1080. The lowest BCUT2D eigenvalue weighted by atomic mass is 10.1. The first-order chi connectivity index (χ1) is 14.4. The minimum atomic E-state index is -0.324. The van der Waals surface area contributed by atoms with Crippen LogP contribution in [0.2, 0.25) is 4.34 Å². The van der Waals surface area contributed by atoms with Crippen LogP contribution in [0, 0.1) is 0 Å². The Kier molecular flexibility index (Phi) is 7.21. The number of benzene rings is 2. The van der Waals surface area contributed by atoms with Gasteiger partial charge in [-0.1, -0.05) is 35.9 Å². The van der Waals surface area contributed by atoms with Gasteiger partial charge in [-0.05, 0) is 54.4 Å². The van der Waals surface area contributed by atoms with E-state index in [0.29, 0.717) is 20.6 Å². The van der Waals surface area contributed by atoms with E-state index in [2.05, 4.69) is 15.8 Å². The maximum Gasteiger partial charge on any atom is 0.281 e. The SMILES string of the molecule is COc1ccc(CC(=O)Nc2cccc(/C(C)=N\NC(=O)c3ccc(Cl)s3)c2)cc1. The Hall–Kier alpha value is -3.16. The van der Waals surface area contributed by atoms with Gasteiger partial charge in [0, 0.05) is 5.69 Å². The van der Waals surface area contributed by atoms with Crippen molar-refractivity contribution in [1.82, 2.24) is 5.43 Å². The highest BCUT2D eigenvalue weighted by Gasteiger charge is 2.09. The van der Waals surface area contributed by atoms with Crippen LogP contribution in [-0.4, -0.2) is 24.6 Å². The Morgan fingerprint density at radius 2 is 1.87 bits per heavy atom. The molecule has 6 nitrogen and oxygen atoms in total. The lowest BCUT2D eigenvalue weighted by Crippen LogP contribution is -2.18. The number of ether oxygens (including phenoxy) is 1. The first-order valence-electron chi connectivity index (χ1n) is 9.08. The fourth-order valence-electron chi connectivity index (χ4n) is 2.65. The Morgan fingerprint density at radius 1 is 1.10 bits per heavy atom. The monoisotopic (exact) mass is 441 g/mol. The van der Waals surface area contributed by atoms with Crippen LogP contribution in [0.4, 0.5) is 5.69 Å². The first kappa shape index (κ1) is 21.5. The zero-order chi connectivity index (χ0) is 21.5. The Morgan fingerprint density at radius 3 is 2.53 bits per heavy atom. The van der Waals surface area contributed by atoms with Crippen molar-refractivity contribution >= 4 is 46.2 Å². The van der Waals surface area contributed by atoms with Gasteiger partial charge in [-0.2, -0.15) is 5.10 Å². The van der Waals surface area contributed by atoms with Crippen LogP contribution < -0.4 is 15.5 Å². The molecule has 2 aromatic carbocycles. The molecule has 8 heteroatoms. The number of amides is 2. The molecular formula is C22H20ClN3O3S. The van der Waals surface area contributed by atoms with Crippen molar-refractivity contribution in [3.8, 4) is 5.75 Å². The lowest BCUT2D eigenvalue weighted by Gasteiger charge is -2.08. The van der Waals surface area contributed by atoms with E-state index in [1.807, 2.05) is 36.4 Å². The second-order valence-electron chi connectivity index (χ2n) is 6.40. The van der Waals surface area contributed by atoms with Crippen LogP contribution in [-0.2, 0) is 11.2 Å². The van der Waals surface area contributed by atoms with Gasteiger partial charge < -0.3 is 10.1 Å². The van der Waals surface area contributed by atoms with Gasteiger partial charge >= 0.3 is 0 Å². The molecule has 2 N–H and O–H groups in total.